The Morgan fingerprint density at radius 1 is 1.04 bits per heavy atom. The molecule has 0 unspecified atom stereocenters. The number of hydrogen-bond acceptors (Lipinski definition) is 3. The minimum Gasteiger partial charge on any atom is -0.378 e. The van der Waals surface area contributed by atoms with Crippen LogP contribution in [0.4, 0.5) is 10.5 Å². The van der Waals surface area contributed by atoms with Crippen LogP contribution in [-0.4, -0.2) is 43.9 Å². The molecule has 2 aromatic rings. The molecule has 1 aliphatic heterocycles. The summed E-state index contributed by atoms with van der Waals surface area (Å²) in [6.45, 7) is 1.68. The molecule has 28 heavy (non-hydrogen) atoms. The molecule has 0 radical (unpaired) electrons. The first-order chi connectivity index (χ1) is 13.4. The van der Waals surface area contributed by atoms with E-state index in [1.54, 1.807) is 29.2 Å². The molecule has 0 spiro atoms. The second-order valence-electron chi connectivity index (χ2n) is 7.35. The first-order valence-electron chi connectivity index (χ1n) is 9.53. The standard InChI is InChI=1S/C22H26ClN3O2/c1-25(2)20-9-3-16(4-10-20)15-24-22(28)26-13-11-18(12-14-26)21(27)17-5-7-19(23)8-6-17/h3-10,18H,11-15H2,1-2H3,(H,24,28). The van der Waals surface area contributed by atoms with Gasteiger partial charge in [-0.2, -0.15) is 0 Å². The molecule has 0 aromatic heterocycles. The van der Waals surface area contributed by atoms with Crippen LogP contribution in [0.15, 0.2) is 48.5 Å². The first kappa shape index (κ1) is 20.2. The van der Waals surface area contributed by atoms with Gasteiger partial charge in [0.1, 0.15) is 0 Å². The highest BCUT2D eigenvalue weighted by atomic mass is 35.5. The van der Waals surface area contributed by atoms with E-state index < -0.39 is 0 Å². The number of nitrogens with zero attached hydrogens (tertiary/aromatic N) is 2. The average molecular weight is 400 g/mol. The maximum absolute atomic E-state index is 12.6. The largest absolute Gasteiger partial charge is 0.378 e. The number of carbonyl (C=O) groups excluding carboxylic acids is 2. The van der Waals surface area contributed by atoms with Gasteiger partial charge in [0.05, 0.1) is 0 Å². The molecule has 1 N–H and O–H groups in total. The van der Waals surface area contributed by atoms with E-state index in [2.05, 4.69) is 5.32 Å². The van der Waals surface area contributed by atoms with Crippen LogP contribution in [0.5, 0.6) is 0 Å². The van der Waals surface area contributed by atoms with Crippen molar-refractivity contribution in [2.45, 2.75) is 19.4 Å². The normalized spacial score (nSPS) is 14.6. The first-order valence-corrected chi connectivity index (χ1v) is 9.90. The van der Waals surface area contributed by atoms with Crippen molar-refractivity contribution in [3.63, 3.8) is 0 Å². The Kier molecular flexibility index (Phi) is 6.57. The smallest absolute Gasteiger partial charge is 0.317 e. The number of anilines is 1. The molecule has 6 heteroatoms. The summed E-state index contributed by atoms with van der Waals surface area (Å²) in [6, 6.07) is 15.1. The summed E-state index contributed by atoms with van der Waals surface area (Å²) in [5.74, 6) is 0.0986. The van der Waals surface area contributed by atoms with Crippen LogP contribution >= 0.6 is 11.6 Å². The highest BCUT2D eigenvalue weighted by Gasteiger charge is 2.27. The van der Waals surface area contributed by atoms with Gasteiger partial charge in [-0.05, 0) is 54.8 Å². The van der Waals surface area contributed by atoms with E-state index in [0.29, 0.717) is 43.1 Å². The summed E-state index contributed by atoms with van der Waals surface area (Å²) >= 11 is 5.89. The van der Waals surface area contributed by atoms with E-state index >= 15 is 0 Å². The molecule has 148 valence electrons. The summed E-state index contributed by atoms with van der Waals surface area (Å²) in [4.78, 5) is 28.9. The number of rotatable bonds is 5. The van der Waals surface area contributed by atoms with Crippen LogP contribution in [0.1, 0.15) is 28.8 Å². The fraction of sp³-hybridized carbons (Fsp3) is 0.364. The van der Waals surface area contributed by atoms with Gasteiger partial charge in [0, 0.05) is 55.9 Å². The van der Waals surface area contributed by atoms with Gasteiger partial charge in [-0.15, -0.1) is 0 Å². The summed E-state index contributed by atoms with van der Waals surface area (Å²) in [5.41, 5.74) is 2.88. The maximum Gasteiger partial charge on any atom is 0.317 e. The molecular weight excluding hydrogens is 374 g/mol. The number of benzene rings is 2. The molecule has 0 atom stereocenters. The molecule has 0 saturated carbocycles. The van der Waals surface area contributed by atoms with Crippen molar-refractivity contribution in [2.75, 3.05) is 32.1 Å². The topological polar surface area (TPSA) is 52.7 Å². The highest BCUT2D eigenvalue weighted by Crippen LogP contribution is 2.23. The van der Waals surface area contributed by atoms with Crippen molar-refractivity contribution < 1.29 is 9.59 Å². The average Bonchev–Trinajstić information content (AvgIpc) is 2.72. The number of piperidine rings is 1. The van der Waals surface area contributed by atoms with Gasteiger partial charge in [-0.1, -0.05) is 23.7 Å². The number of Topliss-reactive ketones (excluding diaryl/α,β-unsaturated/α-hetero) is 1. The van der Waals surface area contributed by atoms with Crippen molar-refractivity contribution >= 4 is 29.1 Å². The van der Waals surface area contributed by atoms with Crippen LogP contribution in [0.3, 0.4) is 0 Å². The monoisotopic (exact) mass is 399 g/mol. The third-order valence-electron chi connectivity index (χ3n) is 5.18. The number of amides is 2. The van der Waals surface area contributed by atoms with Crippen LogP contribution < -0.4 is 10.2 Å². The number of likely N-dealkylation sites (tertiary alicyclic amines) is 1. The third kappa shape index (κ3) is 5.04. The molecule has 1 fully saturated rings. The van der Waals surface area contributed by atoms with E-state index in [1.165, 1.54) is 0 Å². The molecule has 0 aliphatic carbocycles. The van der Waals surface area contributed by atoms with Gasteiger partial charge in [-0.3, -0.25) is 4.79 Å². The summed E-state index contributed by atoms with van der Waals surface area (Å²) in [5, 5.41) is 3.60. The Hall–Kier alpha value is -2.53. The lowest BCUT2D eigenvalue weighted by molar-refractivity contribution is 0.0854. The zero-order valence-electron chi connectivity index (χ0n) is 16.3. The van der Waals surface area contributed by atoms with Crippen molar-refractivity contribution in [3.8, 4) is 0 Å². The van der Waals surface area contributed by atoms with Crippen molar-refractivity contribution in [1.82, 2.24) is 10.2 Å². The molecule has 1 aliphatic rings. The van der Waals surface area contributed by atoms with Gasteiger partial charge in [0.2, 0.25) is 0 Å². The fourth-order valence-corrected chi connectivity index (χ4v) is 3.52. The van der Waals surface area contributed by atoms with E-state index in [1.807, 2.05) is 43.3 Å². The third-order valence-corrected chi connectivity index (χ3v) is 5.43. The molecule has 3 rings (SSSR count). The maximum atomic E-state index is 12.6. The molecule has 0 bridgehead atoms. The van der Waals surface area contributed by atoms with Crippen LogP contribution in [-0.2, 0) is 6.54 Å². The number of halogens is 1. The van der Waals surface area contributed by atoms with Crippen molar-refractivity contribution in [1.29, 1.82) is 0 Å². The van der Waals surface area contributed by atoms with Gasteiger partial charge < -0.3 is 15.1 Å². The number of carbonyl (C=O) groups is 2. The predicted octanol–water partition coefficient (Wildman–Crippen LogP) is 4.21. The summed E-state index contributed by atoms with van der Waals surface area (Å²) in [7, 11) is 4.00. The van der Waals surface area contributed by atoms with E-state index in [9.17, 15) is 9.59 Å². The summed E-state index contributed by atoms with van der Waals surface area (Å²) < 4.78 is 0. The number of nitrogens with one attached hydrogen (secondary N) is 1. The lowest BCUT2D eigenvalue weighted by atomic mass is 9.89. The fourth-order valence-electron chi connectivity index (χ4n) is 3.40. The van der Waals surface area contributed by atoms with E-state index in [-0.39, 0.29) is 17.7 Å². The molecule has 1 saturated heterocycles. The Bertz CT molecular complexity index is 811. The van der Waals surface area contributed by atoms with Crippen molar-refractivity contribution in [2.24, 2.45) is 5.92 Å². The van der Waals surface area contributed by atoms with Gasteiger partial charge >= 0.3 is 6.03 Å². The Morgan fingerprint density at radius 3 is 2.21 bits per heavy atom. The van der Waals surface area contributed by atoms with Gasteiger partial charge in [0.25, 0.3) is 0 Å². The summed E-state index contributed by atoms with van der Waals surface area (Å²) in [6.07, 6.45) is 1.37. The molecular formula is C22H26ClN3O2. The quantitative estimate of drug-likeness (QED) is 0.766. The number of urea groups is 1. The highest BCUT2D eigenvalue weighted by molar-refractivity contribution is 6.30. The Labute approximate surface area is 171 Å². The molecule has 1 heterocycles. The van der Waals surface area contributed by atoms with E-state index in [0.717, 1.165) is 11.3 Å². The van der Waals surface area contributed by atoms with Gasteiger partial charge in [-0.25, -0.2) is 4.79 Å². The molecule has 2 amide bonds. The number of ketones is 1. The molecule has 2 aromatic carbocycles. The van der Waals surface area contributed by atoms with Crippen LogP contribution in [0, 0.1) is 5.92 Å². The minimum absolute atomic E-state index is 0.0381. The predicted molar refractivity (Wildman–Crippen MR) is 113 cm³/mol. The van der Waals surface area contributed by atoms with Crippen LogP contribution in [0.25, 0.3) is 0 Å². The SMILES string of the molecule is CN(C)c1ccc(CNC(=O)N2CCC(C(=O)c3ccc(Cl)cc3)CC2)cc1. The minimum atomic E-state index is -0.0749. The lowest BCUT2D eigenvalue weighted by Crippen LogP contribution is -2.45. The Balaban J connectivity index is 1.47. The number of hydrogen-bond donors (Lipinski definition) is 1. The van der Waals surface area contributed by atoms with E-state index in [4.69, 9.17) is 11.6 Å². The lowest BCUT2D eigenvalue weighted by Gasteiger charge is -2.31. The zero-order chi connectivity index (χ0) is 20.1. The zero-order valence-corrected chi connectivity index (χ0v) is 17.1. The second kappa shape index (κ2) is 9.11. The van der Waals surface area contributed by atoms with Crippen molar-refractivity contribution in [3.05, 3.63) is 64.7 Å². The molecule has 5 nitrogen and oxygen atoms in total. The second-order valence-corrected chi connectivity index (χ2v) is 7.79. The van der Waals surface area contributed by atoms with Crippen LogP contribution in [0.2, 0.25) is 5.02 Å². The Morgan fingerprint density at radius 2 is 1.64 bits per heavy atom. The van der Waals surface area contributed by atoms with Gasteiger partial charge in [0.15, 0.2) is 5.78 Å².